The number of nitro groups is 1. The van der Waals surface area contributed by atoms with Gasteiger partial charge in [-0.15, -0.1) is 0 Å². The van der Waals surface area contributed by atoms with Gasteiger partial charge in [-0.3, -0.25) is 15.0 Å². The highest BCUT2D eigenvalue weighted by Crippen LogP contribution is 2.35. The van der Waals surface area contributed by atoms with Crippen molar-refractivity contribution in [2.75, 3.05) is 26.2 Å². The number of unbranched alkanes of at least 4 members (excludes halogenated alkanes) is 2. The molecule has 0 spiro atoms. The number of phenolic OH excluding ortho intramolecular Hbond substituents is 1. The van der Waals surface area contributed by atoms with Gasteiger partial charge in [-0.1, -0.05) is 26.2 Å². The quantitative estimate of drug-likeness (QED) is 0.460. The lowest BCUT2D eigenvalue weighted by atomic mass is 9.96. The van der Waals surface area contributed by atoms with E-state index in [2.05, 4.69) is 17.1 Å². The summed E-state index contributed by atoms with van der Waals surface area (Å²) in [7, 11) is 0. The van der Waals surface area contributed by atoms with Gasteiger partial charge in [-0.05, 0) is 12.5 Å². The fraction of sp³-hybridized carbons (Fsp3) is 0.625. The molecular formula is C16H25N3O3. The van der Waals surface area contributed by atoms with Crippen molar-refractivity contribution in [1.82, 2.24) is 10.2 Å². The third kappa shape index (κ3) is 4.18. The van der Waals surface area contributed by atoms with Gasteiger partial charge in [0.05, 0.1) is 4.92 Å². The smallest absolute Gasteiger partial charge is 0.270 e. The van der Waals surface area contributed by atoms with Crippen LogP contribution in [0.4, 0.5) is 5.69 Å². The molecular weight excluding hydrogens is 282 g/mol. The van der Waals surface area contributed by atoms with Gasteiger partial charge in [0.1, 0.15) is 5.75 Å². The maximum absolute atomic E-state index is 11.0. The van der Waals surface area contributed by atoms with Crippen molar-refractivity contribution in [3.8, 4) is 5.75 Å². The minimum Gasteiger partial charge on any atom is -0.508 e. The number of phenols is 1. The summed E-state index contributed by atoms with van der Waals surface area (Å²) in [5, 5.41) is 24.6. The summed E-state index contributed by atoms with van der Waals surface area (Å²) in [5.74, 6) is 0.158. The van der Waals surface area contributed by atoms with Crippen LogP contribution in [-0.4, -0.2) is 41.1 Å². The first-order chi connectivity index (χ1) is 10.6. The van der Waals surface area contributed by atoms with Crippen molar-refractivity contribution in [2.45, 2.75) is 38.6 Å². The van der Waals surface area contributed by atoms with E-state index in [-0.39, 0.29) is 17.5 Å². The van der Waals surface area contributed by atoms with E-state index in [0.29, 0.717) is 5.56 Å². The minimum atomic E-state index is -0.399. The Bertz CT molecular complexity index is 501. The van der Waals surface area contributed by atoms with Crippen LogP contribution in [-0.2, 0) is 0 Å². The van der Waals surface area contributed by atoms with E-state index in [1.807, 2.05) is 0 Å². The Balaban J connectivity index is 2.25. The lowest BCUT2D eigenvalue weighted by Crippen LogP contribution is -2.45. The van der Waals surface area contributed by atoms with E-state index in [1.165, 1.54) is 18.2 Å². The second-order valence-corrected chi connectivity index (χ2v) is 5.80. The van der Waals surface area contributed by atoms with E-state index in [1.54, 1.807) is 0 Å². The predicted molar refractivity (Wildman–Crippen MR) is 86.1 cm³/mol. The van der Waals surface area contributed by atoms with Crippen molar-refractivity contribution < 1.29 is 10.0 Å². The number of nitro benzene ring substituents is 1. The summed E-state index contributed by atoms with van der Waals surface area (Å²) >= 11 is 0. The Hall–Kier alpha value is -1.66. The lowest BCUT2D eigenvalue weighted by Gasteiger charge is -2.35. The SMILES string of the molecule is CCCCC[C@H](c1cc([N+](=O)[O-])ccc1O)N1CCNCC1. The van der Waals surface area contributed by atoms with Gasteiger partial charge in [-0.25, -0.2) is 0 Å². The molecule has 0 amide bonds. The number of hydrogen-bond donors (Lipinski definition) is 2. The first kappa shape index (κ1) is 16.7. The van der Waals surface area contributed by atoms with Gasteiger partial charge in [-0.2, -0.15) is 0 Å². The number of rotatable bonds is 7. The number of aromatic hydroxyl groups is 1. The number of benzene rings is 1. The van der Waals surface area contributed by atoms with Gasteiger partial charge < -0.3 is 10.4 Å². The molecule has 1 heterocycles. The summed E-state index contributed by atoms with van der Waals surface area (Å²) in [5.41, 5.74) is 0.732. The second kappa shape index (κ2) is 8.10. The molecule has 0 bridgehead atoms. The van der Waals surface area contributed by atoms with Crippen LogP contribution in [0.5, 0.6) is 5.75 Å². The molecule has 1 aromatic carbocycles. The monoisotopic (exact) mass is 307 g/mol. The third-order valence-corrected chi connectivity index (χ3v) is 4.25. The third-order valence-electron chi connectivity index (χ3n) is 4.25. The number of nitrogens with zero attached hydrogens (tertiary/aromatic N) is 2. The Morgan fingerprint density at radius 1 is 1.36 bits per heavy atom. The van der Waals surface area contributed by atoms with Gasteiger partial charge in [0.15, 0.2) is 0 Å². The van der Waals surface area contributed by atoms with Crippen LogP contribution in [0, 0.1) is 10.1 Å². The Morgan fingerprint density at radius 3 is 2.73 bits per heavy atom. The van der Waals surface area contributed by atoms with Crippen LogP contribution in [0.2, 0.25) is 0 Å². The van der Waals surface area contributed by atoms with Gasteiger partial charge in [0, 0.05) is 49.9 Å². The summed E-state index contributed by atoms with van der Waals surface area (Å²) in [4.78, 5) is 12.9. The average molecular weight is 307 g/mol. The molecule has 1 fully saturated rings. The van der Waals surface area contributed by atoms with Crippen LogP contribution in [0.1, 0.15) is 44.2 Å². The normalized spacial score (nSPS) is 17.3. The van der Waals surface area contributed by atoms with Crippen molar-refractivity contribution in [2.24, 2.45) is 0 Å². The summed E-state index contributed by atoms with van der Waals surface area (Å²) in [6.45, 7) is 5.79. The number of hydrogen-bond acceptors (Lipinski definition) is 5. The van der Waals surface area contributed by atoms with Crippen molar-refractivity contribution in [3.63, 3.8) is 0 Å². The summed E-state index contributed by atoms with van der Waals surface area (Å²) in [6.07, 6.45) is 4.25. The molecule has 1 saturated heterocycles. The molecule has 122 valence electrons. The molecule has 0 unspecified atom stereocenters. The van der Waals surface area contributed by atoms with E-state index in [4.69, 9.17) is 0 Å². The van der Waals surface area contributed by atoms with Crippen LogP contribution in [0.25, 0.3) is 0 Å². The zero-order chi connectivity index (χ0) is 15.9. The molecule has 2 rings (SSSR count). The van der Waals surface area contributed by atoms with E-state index in [0.717, 1.165) is 51.9 Å². The van der Waals surface area contributed by atoms with Crippen molar-refractivity contribution >= 4 is 5.69 Å². The number of non-ortho nitro benzene ring substituents is 1. The lowest BCUT2D eigenvalue weighted by molar-refractivity contribution is -0.385. The molecule has 2 N–H and O–H groups in total. The van der Waals surface area contributed by atoms with Crippen LogP contribution in [0.3, 0.4) is 0 Å². The van der Waals surface area contributed by atoms with E-state index in [9.17, 15) is 15.2 Å². The highest BCUT2D eigenvalue weighted by atomic mass is 16.6. The molecule has 0 aromatic heterocycles. The molecule has 6 heteroatoms. The predicted octanol–water partition coefficient (Wildman–Crippen LogP) is 2.83. The molecule has 0 radical (unpaired) electrons. The fourth-order valence-corrected chi connectivity index (χ4v) is 3.04. The van der Waals surface area contributed by atoms with Gasteiger partial charge in [0.2, 0.25) is 0 Å². The minimum absolute atomic E-state index is 0.0448. The van der Waals surface area contributed by atoms with Crippen molar-refractivity contribution in [3.05, 3.63) is 33.9 Å². The average Bonchev–Trinajstić information content (AvgIpc) is 2.53. The van der Waals surface area contributed by atoms with Crippen molar-refractivity contribution in [1.29, 1.82) is 0 Å². The number of piperazine rings is 1. The maximum Gasteiger partial charge on any atom is 0.270 e. The Morgan fingerprint density at radius 2 is 2.09 bits per heavy atom. The molecule has 22 heavy (non-hydrogen) atoms. The largest absolute Gasteiger partial charge is 0.508 e. The van der Waals surface area contributed by atoms with Crippen LogP contribution >= 0.6 is 0 Å². The first-order valence-corrected chi connectivity index (χ1v) is 8.05. The maximum atomic E-state index is 11.0. The highest BCUT2D eigenvalue weighted by molar-refractivity contribution is 5.44. The molecule has 1 aliphatic rings. The molecule has 1 aliphatic heterocycles. The topological polar surface area (TPSA) is 78.6 Å². The zero-order valence-corrected chi connectivity index (χ0v) is 13.1. The number of nitrogens with one attached hydrogen (secondary N) is 1. The summed E-state index contributed by atoms with van der Waals surface area (Å²) in [6, 6.07) is 4.39. The standard InChI is InChI=1S/C16H25N3O3/c1-2-3-4-5-15(18-10-8-17-9-11-18)14-12-13(19(21)22)6-7-16(14)20/h6-7,12,15,17,20H,2-5,8-11H2,1H3/t15-/m1/s1. The van der Waals surface area contributed by atoms with Crippen LogP contribution < -0.4 is 5.32 Å². The molecule has 1 atom stereocenters. The molecule has 6 nitrogen and oxygen atoms in total. The fourth-order valence-electron chi connectivity index (χ4n) is 3.04. The van der Waals surface area contributed by atoms with Gasteiger partial charge in [0.25, 0.3) is 5.69 Å². The van der Waals surface area contributed by atoms with E-state index < -0.39 is 4.92 Å². The van der Waals surface area contributed by atoms with Gasteiger partial charge >= 0.3 is 0 Å². The Labute approximate surface area is 131 Å². The van der Waals surface area contributed by atoms with Crippen LogP contribution in [0.15, 0.2) is 18.2 Å². The molecule has 0 saturated carbocycles. The Kier molecular flexibility index (Phi) is 6.15. The van der Waals surface area contributed by atoms with E-state index >= 15 is 0 Å². The second-order valence-electron chi connectivity index (χ2n) is 5.80. The highest BCUT2D eigenvalue weighted by Gasteiger charge is 2.25. The summed E-state index contributed by atoms with van der Waals surface area (Å²) < 4.78 is 0. The first-order valence-electron chi connectivity index (χ1n) is 8.05. The zero-order valence-electron chi connectivity index (χ0n) is 13.1. The molecule has 0 aliphatic carbocycles. The molecule has 1 aromatic rings.